The van der Waals surface area contributed by atoms with Crippen molar-refractivity contribution in [3.63, 3.8) is 0 Å². The van der Waals surface area contributed by atoms with E-state index in [2.05, 4.69) is 24.9 Å². The smallest absolute Gasteiger partial charge is 0.330 e. The molecule has 67 heavy (non-hydrogen) atoms. The van der Waals surface area contributed by atoms with Crippen LogP contribution in [0, 0.1) is 20.8 Å². The Hall–Kier alpha value is -7.67. The second-order valence-corrected chi connectivity index (χ2v) is 16.4. The maximum Gasteiger partial charge on any atom is 0.330 e. The van der Waals surface area contributed by atoms with Crippen LogP contribution in [0.4, 0.5) is 0 Å². The Morgan fingerprint density at radius 2 is 1.37 bits per heavy atom. The minimum absolute atomic E-state index is 0.0207. The van der Waals surface area contributed by atoms with Crippen molar-refractivity contribution in [1.29, 1.82) is 0 Å². The van der Waals surface area contributed by atoms with Gasteiger partial charge in [-0.15, -0.1) is 0 Å². The highest BCUT2D eigenvalue weighted by Crippen LogP contribution is 2.34. The third-order valence-electron chi connectivity index (χ3n) is 11.7. The molecule has 0 saturated carbocycles. The molecule has 352 valence electrons. The van der Waals surface area contributed by atoms with E-state index in [1.54, 1.807) is 6.08 Å². The predicted molar refractivity (Wildman–Crippen MR) is 243 cm³/mol. The number of rotatable bonds is 13. The quantitative estimate of drug-likeness (QED) is 0.0805. The summed E-state index contributed by atoms with van der Waals surface area (Å²) in [4.78, 5) is 104. The van der Waals surface area contributed by atoms with Gasteiger partial charge in [0.05, 0.1) is 19.8 Å². The van der Waals surface area contributed by atoms with Crippen LogP contribution >= 0.6 is 0 Å². The molecule has 8 bridgehead atoms. The van der Waals surface area contributed by atoms with Crippen LogP contribution in [0.25, 0.3) is 36.5 Å². The molecular weight excluding hydrogens is 869 g/mol. The molecule has 5 aromatic rings. The molecule has 1 unspecified atom stereocenters. The number of aromatic nitrogens is 6. The number of ether oxygens (including phenoxy) is 6. The monoisotopic (exact) mass is 920 g/mol. The maximum absolute atomic E-state index is 13.5. The van der Waals surface area contributed by atoms with Gasteiger partial charge in [-0.3, -0.25) is 38.3 Å². The van der Waals surface area contributed by atoms with Crippen LogP contribution in [0.1, 0.15) is 102 Å². The Morgan fingerprint density at radius 1 is 0.701 bits per heavy atom. The minimum Gasteiger partial charge on any atom is -0.469 e. The summed E-state index contributed by atoms with van der Waals surface area (Å²) in [5.41, 5.74) is 6.49. The van der Waals surface area contributed by atoms with E-state index in [1.807, 2.05) is 57.2 Å². The Morgan fingerprint density at radius 3 is 2.06 bits per heavy atom. The van der Waals surface area contributed by atoms with Crippen LogP contribution in [0.2, 0.25) is 0 Å². The molecule has 2 aliphatic heterocycles. The van der Waals surface area contributed by atoms with Crippen LogP contribution in [0.5, 0.6) is 0 Å². The molecule has 2 aliphatic rings. The standard InChI is InChI=1S/C48H52N6O13/c1-23-15-31-17-32-16-29(10-13-42(58)62-7)38(50-32)20-40-34(12-14-43(59)63-8)25(3)37(52-40)19-36-24(2)33(39(51-36)18-35(23)49-31)11-9-30-21-54(48(61)53-46(30)60)47-45(66-28(6)57)44(65-27(5)56)41(67-47)22-64-26(4)55/h9,11,15-21,41,44-45,47,49-52H,10,12-14,22H2,1-8H3,(H,53,60,61)/t41-,44?,45+,47-/m1/s1. The molecule has 5 aromatic heterocycles. The van der Waals surface area contributed by atoms with E-state index in [0.717, 1.165) is 84.7 Å². The Bertz CT molecular complexity index is 3190. The summed E-state index contributed by atoms with van der Waals surface area (Å²) >= 11 is 0. The first-order valence-electron chi connectivity index (χ1n) is 21.5. The topological polar surface area (TPSA) is 259 Å². The number of nitrogens with zero attached hydrogens (tertiary/aromatic N) is 1. The second kappa shape index (κ2) is 19.8. The molecule has 7 heterocycles. The van der Waals surface area contributed by atoms with Crippen molar-refractivity contribution in [3.8, 4) is 0 Å². The number of hydrogen-bond acceptors (Lipinski definition) is 13. The van der Waals surface area contributed by atoms with Gasteiger partial charge in [0.25, 0.3) is 5.56 Å². The van der Waals surface area contributed by atoms with Gasteiger partial charge in [0.2, 0.25) is 0 Å². The number of carbonyl (C=O) groups excluding carboxylic acids is 5. The lowest BCUT2D eigenvalue weighted by Gasteiger charge is -2.24. The van der Waals surface area contributed by atoms with E-state index in [0.29, 0.717) is 24.1 Å². The first-order chi connectivity index (χ1) is 31.9. The number of hydrogen-bond donors (Lipinski definition) is 5. The highest BCUT2D eigenvalue weighted by molar-refractivity contribution is 5.78. The molecule has 7 rings (SSSR count). The van der Waals surface area contributed by atoms with Gasteiger partial charge in [-0.05, 0) is 104 Å². The largest absolute Gasteiger partial charge is 0.469 e. The van der Waals surface area contributed by atoms with Gasteiger partial charge >= 0.3 is 35.5 Å². The third-order valence-corrected chi connectivity index (χ3v) is 11.7. The highest BCUT2D eigenvalue weighted by Gasteiger charge is 2.51. The van der Waals surface area contributed by atoms with Crippen LogP contribution < -0.4 is 32.6 Å². The fourth-order valence-electron chi connectivity index (χ4n) is 8.34. The summed E-state index contributed by atoms with van der Waals surface area (Å²) in [5, 5.41) is 3.11. The lowest BCUT2D eigenvalue weighted by atomic mass is 10.0. The molecule has 19 heteroatoms. The second-order valence-electron chi connectivity index (χ2n) is 16.4. The van der Waals surface area contributed by atoms with Crippen molar-refractivity contribution in [2.24, 2.45) is 0 Å². The summed E-state index contributed by atoms with van der Waals surface area (Å²) in [6.07, 6.45) is 8.31. The maximum atomic E-state index is 13.5. The molecular formula is C48H52N6O13. The zero-order valence-electron chi connectivity index (χ0n) is 38.3. The van der Waals surface area contributed by atoms with Gasteiger partial charge in [0.1, 0.15) is 12.7 Å². The molecule has 0 aromatic carbocycles. The van der Waals surface area contributed by atoms with Crippen molar-refractivity contribution in [2.45, 2.75) is 91.8 Å². The molecule has 0 amide bonds. The molecule has 19 nitrogen and oxygen atoms in total. The number of methoxy groups -OCH3 is 2. The number of nitrogens with one attached hydrogen (secondary N) is 5. The van der Waals surface area contributed by atoms with Crippen molar-refractivity contribution in [3.05, 3.63) is 122 Å². The fraction of sp³-hybridized carbons (Fsp3) is 0.354. The van der Waals surface area contributed by atoms with Crippen LogP contribution in [-0.2, 0) is 65.2 Å². The van der Waals surface area contributed by atoms with E-state index >= 15 is 0 Å². The van der Waals surface area contributed by atoms with Crippen LogP contribution in [0.15, 0.2) is 27.9 Å². The van der Waals surface area contributed by atoms with Gasteiger partial charge in [-0.1, -0.05) is 6.08 Å². The lowest BCUT2D eigenvalue weighted by molar-refractivity contribution is -0.166. The first-order valence-corrected chi connectivity index (χ1v) is 21.5. The Kier molecular flexibility index (Phi) is 14.0. The van der Waals surface area contributed by atoms with Crippen molar-refractivity contribution in [2.75, 3.05) is 20.8 Å². The van der Waals surface area contributed by atoms with E-state index in [1.165, 1.54) is 33.4 Å². The van der Waals surface area contributed by atoms with Crippen molar-refractivity contribution in [1.82, 2.24) is 29.5 Å². The van der Waals surface area contributed by atoms with Gasteiger partial charge in [-0.25, -0.2) is 4.79 Å². The predicted octanol–water partition coefficient (Wildman–Crippen LogP) is 1.11. The van der Waals surface area contributed by atoms with Crippen molar-refractivity contribution >= 4 is 66.3 Å². The summed E-state index contributed by atoms with van der Waals surface area (Å²) in [6.45, 7) is 8.93. The summed E-state index contributed by atoms with van der Waals surface area (Å²) in [6, 6.07) is 4.00. The zero-order valence-corrected chi connectivity index (χ0v) is 38.3. The molecule has 5 N–H and O–H groups in total. The van der Waals surface area contributed by atoms with Crippen molar-refractivity contribution < 1.29 is 52.4 Å². The van der Waals surface area contributed by atoms with Gasteiger partial charge in [0.15, 0.2) is 18.4 Å². The zero-order chi connectivity index (χ0) is 48.3. The van der Waals surface area contributed by atoms with Crippen LogP contribution in [-0.4, -0.2) is 98.5 Å². The number of H-pyrrole nitrogens is 5. The van der Waals surface area contributed by atoms with E-state index < -0.39 is 53.7 Å². The molecule has 0 spiro atoms. The number of aryl methyl sites for hydroxylation is 2. The Labute approximate surface area is 382 Å². The number of aromatic amines is 5. The van der Waals surface area contributed by atoms with Gasteiger partial charge < -0.3 is 48.4 Å². The minimum atomic E-state index is -1.41. The SMILES string of the molecule is COC(=O)CCc1cc2[nH]c1C=c1[nH]c(c(C)c1CCC(=O)OC)=Cc1[nH]c(c(C=Cc3cn([C@@H]4O[C@H](COC(C)=O)C(OC(C)=O)[C@@H]4OC(C)=O)c(=O)[nH]c3=O)c1C)C=c1[nH]c(cc1C)=C2. The van der Waals surface area contributed by atoms with Gasteiger partial charge in [0, 0.05) is 89.5 Å². The van der Waals surface area contributed by atoms with Crippen LogP contribution in [0.3, 0.4) is 0 Å². The molecule has 1 fully saturated rings. The lowest BCUT2D eigenvalue weighted by Crippen LogP contribution is -2.42. The third kappa shape index (κ3) is 10.6. The molecule has 1 saturated heterocycles. The average molecular weight is 921 g/mol. The summed E-state index contributed by atoms with van der Waals surface area (Å²) in [7, 11) is 2.71. The van der Waals surface area contributed by atoms with E-state index in [4.69, 9.17) is 28.4 Å². The summed E-state index contributed by atoms with van der Waals surface area (Å²) < 4.78 is 33.1. The average Bonchev–Trinajstić information content (AvgIpc) is 4.05. The molecule has 4 atom stereocenters. The fourth-order valence-corrected chi connectivity index (χ4v) is 8.34. The molecule has 0 aliphatic carbocycles. The normalized spacial score (nSPS) is 17.4. The van der Waals surface area contributed by atoms with E-state index in [9.17, 15) is 33.6 Å². The summed E-state index contributed by atoms with van der Waals surface area (Å²) in [5.74, 6) is -2.84. The molecule has 0 radical (unpaired) electrons. The first kappa shape index (κ1) is 47.3. The Balaban J connectivity index is 1.37. The number of fused-ring (bicyclic) bond motifs is 8. The number of esters is 5. The van der Waals surface area contributed by atoms with Gasteiger partial charge in [-0.2, -0.15) is 0 Å². The number of carbonyl (C=O) groups is 5. The highest BCUT2D eigenvalue weighted by atomic mass is 16.7. The van der Waals surface area contributed by atoms with E-state index in [-0.39, 0.29) is 37.0 Å².